The van der Waals surface area contributed by atoms with Crippen molar-refractivity contribution < 1.29 is 8.42 Å². The lowest BCUT2D eigenvalue weighted by Crippen LogP contribution is -2.10. The molecule has 3 atom stereocenters. The van der Waals surface area contributed by atoms with Crippen molar-refractivity contribution in [1.29, 1.82) is 5.26 Å². The molecule has 1 fully saturated rings. The van der Waals surface area contributed by atoms with Gasteiger partial charge in [0.25, 0.3) is 0 Å². The summed E-state index contributed by atoms with van der Waals surface area (Å²) >= 11 is 3.36. The average Bonchev–Trinajstić information content (AvgIpc) is 3.24. The van der Waals surface area contributed by atoms with E-state index in [4.69, 9.17) is 0 Å². The predicted molar refractivity (Wildman–Crippen MR) is 83.4 cm³/mol. The van der Waals surface area contributed by atoms with Gasteiger partial charge < -0.3 is 0 Å². The third kappa shape index (κ3) is 2.50. The molecule has 3 unspecified atom stereocenters. The second-order valence-electron chi connectivity index (χ2n) is 5.05. The number of hydrogen-bond donors (Lipinski definition) is 0. The third-order valence-corrected chi connectivity index (χ3v) is 6.55. The van der Waals surface area contributed by atoms with Crippen molar-refractivity contribution in [3.8, 4) is 6.07 Å². The number of benzene rings is 2. The van der Waals surface area contributed by atoms with Crippen LogP contribution in [-0.2, 0) is 9.84 Å². The molecular weight excluding hydrogens is 350 g/mol. The van der Waals surface area contributed by atoms with E-state index in [0.717, 1.165) is 10.0 Å². The first kappa shape index (κ1) is 14.3. The van der Waals surface area contributed by atoms with E-state index in [1.807, 2.05) is 24.3 Å². The lowest BCUT2D eigenvalue weighted by molar-refractivity contribution is 0.593. The smallest absolute Gasteiger partial charge is 0.183 e. The van der Waals surface area contributed by atoms with Gasteiger partial charge in [-0.25, -0.2) is 8.42 Å². The Morgan fingerprint density at radius 2 is 1.62 bits per heavy atom. The number of hydrogen-bond acceptors (Lipinski definition) is 3. The van der Waals surface area contributed by atoms with Crippen molar-refractivity contribution in [2.45, 2.75) is 16.1 Å². The summed E-state index contributed by atoms with van der Waals surface area (Å²) in [6.45, 7) is 0. The molecule has 21 heavy (non-hydrogen) atoms. The van der Waals surface area contributed by atoms with Crippen LogP contribution < -0.4 is 0 Å². The van der Waals surface area contributed by atoms with Crippen LogP contribution in [0.2, 0.25) is 0 Å². The minimum Gasteiger partial charge on any atom is -0.223 e. The van der Waals surface area contributed by atoms with Crippen molar-refractivity contribution in [2.75, 3.05) is 0 Å². The molecule has 106 valence electrons. The van der Waals surface area contributed by atoms with Crippen LogP contribution in [0.5, 0.6) is 0 Å². The van der Waals surface area contributed by atoms with Crippen LogP contribution in [0.15, 0.2) is 64.0 Å². The van der Waals surface area contributed by atoms with Gasteiger partial charge in [0.15, 0.2) is 9.84 Å². The van der Waals surface area contributed by atoms with Gasteiger partial charge in [-0.15, -0.1) is 0 Å². The highest BCUT2D eigenvalue weighted by molar-refractivity contribution is 9.10. The van der Waals surface area contributed by atoms with Gasteiger partial charge in [0, 0.05) is 10.4 Å². The van der Waals surface area contributed by atoms with Crippen molar-refractivity contribution >= 4 is 25.8 Å². The summed E-state index contributed by atoms with van der Waals surface area (Å²) in [5, 5.41) is 8.60. The highest BCUT2D eigenvalue weighted by atomic mass is 79.9. The molecule has 1 aliphatic rings. The van der Waals surface area contributed by atoms with Gasteiger partial charge in [-0.3, -0.25) is 0 Å². The largest absolute Gasteiger partial charge is 0.223 e. The van der Waals surface area contributed by atoms with E-state index in [1.54, 1.807) is 30.3 Å². The molecule has 0 amide bonds. The monoisotopic (exact) mass is 361 g/mol. The molecule has 2 aromatic rings. The quantitative estimate of drug-likeness (QED) is 0.839. The molecule has 0 heterocycles. The lowest BCUT2D eigenvalue weighted by atomic mass is 10.1. The molecule has 3 nitrogen and oxygen atoms in total. The molecule has 1 aliphatic carbocycles. The fraction of sp³-hybridized carbons (Fsp3) is 0.188. The third-order valence-electron chi connectivity index (χ3n) is 3.79. The highest BCUT2D eigenvalue weighted by Gasteiger charge is 2.59. The van der Waals surface area contributed by atoms with Crippen LogP contribution in [0.4, 0.5) is 0 Å². The van der Waals surface area contributed by atoms with Crippen molar-refractivity contribution in [2.24, 2.45) is 5.92 Å². The van der Waals surface area contributed by atoms with Crippen molar-refractivity contribution in [3.63, 3.8) is 0 Å². The summed E-state index contributed by atoms with van der Waals surface area (Å²) in [7, 11) is -3.47. The Morgan fingerprint density at radius 1 is 1.00 bits per heavy atom. The minimum absolute atomic E-state index is 0.242. The topological polar surface area (TPSA) is 57.9 Å². The standard InChI is InChI=1S/C16H12BrNO2S/c17-12-8-6-11(7-9-12)15-14(10-18)16(15)21(19,20)13-4-2-1-3-5-13/h1-9,14-16H. The maximum Gasteiger partial charge on any atom is 0.183 e. The number of rotatable bonds is 3. The summed E-state index contributed by atoms with van der Waals surface area (Å²) in [5.41, 5.74) is 0.897. The first-order valence-corrected chi connectivity index (χ1v) is 8.83. The molecule has 0 aliphatic heterocycles. The minimum atomic E-state index is -3.47. The van der Waals surface area contributed by atoms with Gasteiger partial charge in [0.05, 0.1) is 22.1 Å². The van der Waals surface area contributed by atoms with Gasteiger partial charge in [-0.05, 0) is 29.8 Å². The first-order chi connectivity index (χ1) is 10.1. The molecule has 0 spiro atoms. The van der Waals surface area contributed by atoms with E-state index in [9.17, 15) is 13.7 Å². The fourth-order valence-corrected chi connectivity index (χ4v) is 5.03. The summed E-state index contributed by atoms with van der Waals surface area (Å²) in [4.78, 5) is 0.287. The van der Waals surface area contributed by atoms with Crippen LogP contribution in [-0.4, -0.2) is 13.7 Å². The molecule has 3 rings (SSSR count). The second-order valence-corrected chi connectivity index (χ2v) is 8.08. The van der Waals surface area contributed by atoms with E-state index < -0.39 is 21.0 Å². The summed E-state index contributed by atoms with van der Waals surface area (Å²) in [5.74, 6) is -0.718. The van der Waals surface area contributed by atoms with E-state index in [-0.39, 0.29) is 10.8 Å². The summed E-state index contributed by atoms with van der Waals surface area (Å²) in [6.07, 6.45) is 0. The maximum absolute atomic E-state index is 12.7. The van der Waals surface area contributed by atoms with Gasteiger partial charge in [0.1, 0.15) is 0 Å². The second kappa shape index (κ2) is 5.28. The van der Waals surface area contributed by atoms with Crippen LogP contribution >= 0.6 is 15.9 Å². The Balaban J connectivity index is 1.96. The van der Waals surface area contributed by atoms with E-state index in [0.29, 0.717) is 0 Å². The summed E-state index contributed by atoms with van der Waals surface area (Å²) < 4.78 is 26.2. The normalized spacial score (nSPS) is 24.3. The fourth-order valence-electron chi connectivity index (χ4n) is 2.67. The SMILES string of the molecule is N#CC1C(c2ccc(Br)cc2)C1S(=O)(=O)c1ccccc1. The molecule has 5 heteroatoms. The van der Waals surface area contributed by atoms with E-state index >= 15 is 0 Å². The van der Waals surface area contributed by atoms with Crippen molar-refractivity contribution in [1.82, 2.24) is 0 Å². The predicted octanol–water partition coefficient (Wildman–Crippen LogP) is 3.53. The van der Waals surface area contributed by atoms with Crippen LogP contribution in [0.25, 0.3) is 0 Å². The number of sulfone groups is 1. The first-order valence-electron chi connectivity index (χ1n) is 6.50. The Morgan fingerprint density at radius 3 is 2.19 bits per heavy atom. The van der Waals surface area contributed by atoms with E-state index in [1.165, 1.54) is 0 Å². The lowest BCUT2D eigenvalue weighted by Gasteiger charge is -2.03. The zero-order valence-electron chi connectivity index (χ0n) is 11.0. The number of nitriles is 1. The van der Waals surface area contributed by atoms with Gasteiger partial charge in [-0.1, -0.05) is 46.3 Å². The van der Waals surface area contributed by atoms with Crippen LogP contribution in [0.1, 0.15) is 11.5 Å². The van der Waals surface area contributed by atoms with E-state index in [2.05, 4.69) is 22.0 Å². The average molecular weight is 362 g/mol. The summed E-state index contributed by atoms with van der Waals surface area (Å²) in [6, 6.07) is 18.0. The molecule has 0 bridgehead atoms. The molecule has 1 saturated carbocycles. The zero-order valence-corrected chi connectivity index (χ0v) is 13.4. The molecular formula is C16H12BrNO2S. The molecule has 0 radical (unpaired) electrons. The highest BCUT2D eigenvalue weighted by Crippen LogP contribution is 2.53. The van der Waals surface area contributed by atoms with Gasteiger partial charge in [0.2, 0.25) is 0 Å². The molecule has 2 aromatic carbocycles. The van der Waals surface area contributed by atoms with Gasteiger partial charge >= 0.3 is 0 Å². The molecule has 0 aromatic heterocycles. The number of nitrogens with zero attached hydrogens (tertiary/aromatic N) is 1. The number of halogens is 1. The van der Waals surface area contributed by atoms with Crippen molar-refractivity contribution in [3.05, 3.63) is 64.6 Å². The van der Waals surface area contributed by atoms with Gasteiger partial charge in [-0.2, -0.15) is 5.26 Å². The van der Waals surface area contributed by atoms with Crippen LogP contribution in [0.3, 0.4) is 0 Å². The Hall–Kier alpha value is -1.64. The van der Waals surface area contributed by atoms with Crippen LogP contribution in [0, 0.1) is 17.2 Å². The Bertz CT molecular complexity index is 794. The Kier molecular flexibility index (Phi) is 3.60. The molecule has 0 saturated heterocycles. The molecule has 0 N–H and O–H groups in total. The zero-order chi connectivity index (χ0) is 15.0. The maximum atomic E-state index is 12.7. The Labute approximate surface area is 132 Å².